The molecule has 0 radical (unpaired) electrons. The summed E-state index contributed by atoms with van der Waals surface area (Å²) in [5.41, 5.74) is 6.97. The molecule has 3 heterocycles. The standard InChI is InChI=1S/C33H30N3O2/c1-18(2)15-20-16-25-26(23-12-8-7-10-21(20)23)28-31(33(28,37)38-4)36-17-34-32-27(30(25)36)24-14-13-19-9-5-6-11-22(19)29(24)35(32)3/h5-14,16-18,28,31,37H,15H2,1-4H3/q+1. The minimum Gasteiger partial charge on any atom is -0.362 e. The Hall–Kier alpha value is -3.80. The maximum absolute atomic E-state index is 11.7. The molecule has 38 heavy (non-hydrogen) atoms. The van der Waals surface area contributed by atoms with Crippen LogP contribution in [0.3, 0.4) is 0 Å². The van der Waals surface area contributed by atoms with E-state index in [1.54, 1.807) is 7.11 Å². The molecular formula is C33H30N3O2+. The van der Waals surface area contributed by atoms with E-state index in [0.717, 1.165) is 23.1 Å². The van der Waals surface area contributed by atoms with Crippen LogP contribution in [0.15, 0.2) is 73.1 Å². The second-order valence-corrected chi connectivity index (χ2v) is 11.5. The quantitative estimate of drug-likeness (QED) is 0.233. The van der Waals surface area contributed by atoms with Crippen molar-refractivity contribution in [2.45, 2.75) is 38.0 Å². The number of hydrogen-bond acceptors (Lipinski definition) is 3. The molecule has 1 fully saturated rings. The maximum Gasteiger partial charge on any atom is 0.289 e. The molecule has 1 aliphatic heterocycles. The van der Waals surface area contributed by atoms with Crippen molar-refractivity contribution >= 4 is 43.5 Å². The summed E-state index contributed by atoms with van der Waals surface area (Å²) in [5, 5.41) is 19.0. The molecule has 6 aromatic rings. The highest BCUT2D eigenvalue weighted by atomic mass is 16.6. The lowest BCUT2D eigenvalue weighted by atomic mass is 9.85. The molecule has 3 unspecified atom stereocenters. The Bertz CT molecular complexity index is 1970. The minimum atomic E-state index is -1.26. The SMILES string of the molecule is COC1(O)C2c3c(cc(CC(C)C)c4ccccc34)-c3c4c5ccc6ccccc6c5n(C)c4nc[n+]3C21. The molecule has 188 valence electrons. The average molecular weight is 501 g/mol. The number of rotatable bonds is 3. The summed E-state index contributed by atoms with van der Waals surface area (Å²) in [6.07, 6.45) is 2.90. The van der Waals surface area contributed by atoms with Gasteiger partial charge in [0.15, 0.2) is 6.04 Å². The summed E-state index contributed by atoms with van der Waals surface area (Å²) in [7, 11) is 3.73. The number of hydrogen-bond donors (Lipinski definition) is 1. The van der Waals surface area contributed by atoms with Crippen LogP contribution in [0.25, 0.3) is 54.7 Å². The summed E-state index contributed by atoms with van der Waals surface area (Å²) < 4.78 is 10.2. The van der Waals surface area contributed by atoms with Crippen molar-refractivity contribution in [3.8, 4) is 11.3 Å². The lowest BCUT2D eigenvalue weighted by molar-refractivity contribution is -0.704. The number of methoxy groups -OCH3 is 1. The molecule has 0 amide bonds. The first-order chi connectivity index (χ1) is 18.4. The Morgan fingerprint density at radius 1 is 1.00 bits per heavy atom. The van der Waals surface area contributed by atoms with Crippen LogP contribution in [0.5, 0.6) is 0 Å². The van der Waals surface area contributed by atoms with Crippen LogP contribution in [0, 0.1) is 5.92 Å². The molecule has 0 spiro atoms. The average Bonchev–Trinajstić information content (AvgIpc) is 3.45. The highest BCUT2D eigenvalue weighted by molar-refractivity contribution is 6.20. The van der Waals surface area contributed by atoms with Gasteiger partial charge in [0.1, 0.15) is 11.1 Å². The van der Waals surface area contributed by atoms with Crippen molar-refractivity contribution in [1.82, 2.24) is 9.55 Å². The van der Waals surface area contributed by atoms with Crippen molar-refractivity contribution < 1.29 is 14.4 Å². The van der Waals surface area contributed by atoms with Gasteiger partial charge in [-0.25, -0.2) is 4.57 Å². The van der Waals surface area contributed by atoms with Gasteiger partial charge in [-0.2, -0.15) is 0 Å². The van der Waals surface area contributed by atoms with Crippen molar-refractivity contribution in [1.29, 1.82) is 0 Å². The van der Waals surface area contributed by atoms with E-state index in [0.29, 0.717) is 5.92 Å². The maximum atomic E-state index is 11.7. The van der Waals surface area contributed by atoms with Gasteiger partial charge in [0, 0.05) is 30.5 Å². The van der Waals surface area contributed by atoms with E-state index >= 15 is 0 Å². The zero-order valence-electron chi connectivity index (χ0n) is 22.1. The van der Waals surface area contributed by atoms with E-state index < -0.39 is 5.79 Å². The number of benzene rings is 4. The van der Waals surface area contributed by atoms with Gasteiger partial charge in [-0.1, -0.05) is 74.5 Å². The molecule has 0 bridgehead atoms. The minimum absolute atomic E-state index is 0.145. The summed E-state index contributed by atoms with van der Waals surface area (Å²) in [5.74, 6) is -0.884. The Morgan fingerprint density at radius 2 is 1.74 bits per heavy atom. The molecule has 2 aliphatic rings. The van der Waals surface area contributed by atoms with E-state index in [4.69, 9.17) is 9.72 Å². The van der Waals surface area contributed by atoms with Gasteiger partial charge in [-0.15, -0.1) is 0 Å². The van der Waals surface area contributed by atoms with Gasteiger partial charge in [-0.05, 0) is 50.7 Å². The third kappa shape index (κ3) is 2.63. The number of aliphatic hydroxyl groups is 1. The Labute approximate surface area is 220 Å². The molecule has 1 aliphatic carbocycles. The Morgan fingerprint density at radius 3 is 2.50 bits per heavy atom. The lowest BCUT2D eigenvalue weighted by Crippen LogP contribution is -2.41. The van der Waals surface area contributed by atoms with Gasteiger partial charge >= 0.3 is 0 Å². The highest BCUT2D eigenvalue weighted by Gasteiger charge is 2.74. The van der Waals surface area contributed by atoms with Gasteiger partial charge < -0.3 is 14.4 Å². The third-order valence-corrected chi connectivity index (χ3v) is 8.91. The topological polar surface area (TPSA) is 51.2 Å². The summed E-state index contributed by atoms with van der Waals surface area (Å²) in [4.78, 5) is 4.98. The van der Waals surface area contributed by atoms with E-state index in [1.807, 2.05) is 6.33 Å². The van der Waals surface area contributed by atoms with Crippen LogP contribution in [0.1, 0.15) is 36.9 Å². The van der Waals surface area contributed by atoms with E-state index in [9.17, 15) is 5.11 Å². The fourth-order valence-electron chi connectivity index (χ4n) is 7.30. The summed E-state index contributed by atoms with van der Waals surface area (Å²) in [6.45, 7) is 4.55. The first kappa shape index (κ1) is 22.2. The second kappa shape index (κ2) is 7.40. The van der Waals surface area contributed by atoms with Crippen LogP contribution in [-0.4, -0.2) is 27.6 Å². The molecule has 8 rings (SSSR count). The molecule has 2 aromatic heterocycles. The fourth-order valence-corrected chi connectivity index (χ4v) is 7.30. The Balaban J connectivity index is 1.57. The van der Waals surface area contributed by atoms with Crippen molar-refractivity contribution in [2.75, 3.05) is 7.11 Å². The van der Waals surface area contributed by atoms with Crippen LogP contribution >= 0.6 is 0 Å². The number of aromatic nitrogens is 3. The van der Waals surface area contributed by atoms with Gasteiger partial charge in [0.2, 0.25) is 5.79 Å². The van der Waals surface area contributed by atoms with Crippen LogP contribution in [-0.2, 0) is 18.2 Å². The molecule has 4 aromatic carbocycles. The molecular weight excluding hydrogens is 470 g/mol. The number of fused-ring (bicyclic) bond motifs is 14. The van der Waals surface area contributed by atoms with Crippen LogP contribution < -0.4 is 4.57 Å². The fraction of sp³-hybridized carbons (Fsp3) is 0.273. The van der Waals surface area contributed by atoms with Crippen LogP contribution in [0.4, 0.5) is 0 Å². The molecule has 1 N–H and O–H groups in total. The highest BCUT2D eigenvalue weighted by Crippen LogP contribution is 2.64. The summed E-state index contributed by atoms with van der Waals surface area (Å²) in [6, 6.07) is 23.8. The predicted octanol–water partition coefficient (Wildman–Crippen LogP) is 6.17. The van der Waals surface area contributed by atoms with Gasteiger partial charge in [0.25, 0.3) is 12.0 Å². The van der Waals surface area contributed by atoms with Crippen LogP contribution in [0.2, 0.25) is 0 Å². The van der Waals surface area contributed by atoms with E-state index in [2.05, 4.69) is 96.8 Å². The number of ether oxygens (including phenoxy) is 1. The largest absolute Gasteiger partial charge is 0.362 e. The predicted molar refractivity (Wildman–Crippen MR) is 151 cm³/mol. The molecule has 1 saturated carbocycles. The summed E-state index contributed by atoms with van der Waals surface area (Å²) >= 11 is 0. The number of nitrogens with zero attached hydrogens (tertiary/aromatic N) is 3. The van der Waals surface area contributed by atoms with Crippen molar-refractivity contribution in [3.63, 3.8) is 0 Å². The molecule has 0 saturated heterocycles. The first-order valence-corrected chi connectivity index (χ1v) is 13.5. The van der Waals surface area contributed by atoms with Crippen molar-refractivity contribution in [3.05, 3.63) is 84.2 Å². The van der Waals surface area contributed by atoms with Crippen molar-refractivity contribution in [2.24, 2.45) is 13.0 Å². The monoisotopic (exact) mass is 500 g/mol. The third-order valence-electron chi connectivity index (χ3n) is 8.91. The zero-order chi connectivity index (χ0) is 25.9. The number of aryl methyl sites for hydroxylation is 1. The second-order valence-electron chi connectivity index (χ2n) is 11.5. The van der Waals surface area contributed by atoms with Gasteiger partial charge in [0.05, 0.1) is 11.4 Å². The Kier molecular flexibility index (Phi) is 4.33. The molecule has 5 nitrogen and oxygen atoms in total. The first-order valence-electron chi connectivity index (χ1n) is 13.5. The molecule has 3 atom stereocenters. The zero-order valence-corrected chi connectivity index (χ0v) is 22.1. The van der Waals surface area contributed by atoms with Gasteiger partial charge in [-0.3, -0.25) is 0 Å². The molecule has 5 heteroatoms. The normalized spacial score (nSPS) is 21.8. The van der Waals surface area contributed by atoms with E-state index in [-0.39, 0.29) is 12.0 Å². The van der Waals surface area contributed by atoms with E-state index in [1.165, 1.54) is 49.1 Å². The lowest BCUT2D eigenvalue weighted by Gasteiger charge is -2.21. The smallest absolute Gasteiger partial charge is 0.289 e.